The molecule has 4 rings (SSSR count). The molecule has 3 saturated heterocycles. The van der Waals surface area contributed by atoms with E-state index >= 15 is 0 Å². The fraction of sp³-hybridized carbons (Fsp3) is 0.567. The lowest BCUT2D eigenvalue weighted by molar-refractivity contribution is -0.152. The van der Waals surface area contributed by atoms with Gasteiger partial charge in [-0.05, 0) is 56.9 Å². The summed E-state index contributed by atoms with van der Waals surface area (Å²) in [5.74, 6) is -2.33. The average molecular weight is 558 g/mol. The predicted octanol–water partition coefficient (Wildman–Crippen LogP) is 3.82. The third-order valence-electron chi connectivity index (χ3n) is 8.66. The van der Waals surface area contributed by atoms with E-state index in [4.69, 9.17) is 16.3 Å². The third-order valence-corrected chi connectivity index (χ3v) is 8.91. The molecule has 3 amide bonds. The molecule has 3 aliphatic heterocycles. The molecule has 1 spiro atoms. The lowest BCUT2D eigenvalue weighted by atomic mass is 9.66. The van der Waals surface area contributed by atoms with E-state index in [-0.39, 0.29) is 30.9 Å². The first-order valence-corrected chi connectivity index (χ1v) is 14.2. The number of ether oxygens (including phenoxy) is 1. The van der Waals surface area contributed by atoms with E-state index in [2.05, 4.69) is 13.2 Å². The SMILES string of the molecule is C=CCN(CCC)C(=O)[C@@H]1[C@H]2C(=O)N([C@@H](CC)CO)C(C(=O)N(CC=C)c3ccc(Cl)cc3)C23CC[C@@]1(C)O3. The topological polar surface area (TPSA) is 90.4 Å². The summed E-state index contributed by atoms with van der Waals surface area (Å²) in [6.07, 6.45) is 5.55. The van der Waals surface area contributed by atoms with Gasteiger partial charge < -0.3 is 24.5 Å². The number of rotatable bonds is 12. The number of benzene rings is 1. The van der Waals surface area contributed by atoms with Crippen LogP contribution in [-0.4, -0.2) is 82.2 Å². The summed E-state index contributed by atoms with van der Waals surface area (Å²) in [6.45, 7) is 14.2. The zero-order valence-corrected chi connectivity index (χ0v) is 23.9. The Morgan fingerprint density at radius 2 is 1.85 bits per heavy atom. The van der Waals surface area contributed by atoms with Crippen LogP contribution in [0, 0.1) is 11.8 Å². The van der Waals surface area contributed by atoms with Crippen molar-refractivity contribution in [3.63, 3.8) is 0 Å². The molecule has 212 valence electrons. The number of aliphatic hydroxyl groups excluding tert-OH is 1. The van der Waals surface area contributed by atoms with Gasteiger partial charge in [-0.25, -0.2) is 0 Å². The molecule has 0 saturated carbocycles. The number of carbonyl (C=O) groups is 3. The van der Waals surface area contributed by atoms with E-state index in [0.717, 1.165) is 6.42 Å². The maximum atomic E-state index is 14.5. The van der Waals surface area contributed by atoms with Crippen LogP contribution >= 0.6 is 11.6 Å². The van der Waals surface area contributed by atoms with E-state index in [9.17, 15) is 19.5 Å². The third kappa shape index (κ3) is 4.70. The summed E-state index contributed by atoms with van der Waals surface area (Å²) in [4.78, 5) is 47.7. The molecule has 0 radical (unpaired) electrons. The fourth-order valence-electron chi connectivity index (χ4n) is 6.96. The molecule has 3 fully saturated rings. The molecule has 3 aliphatic rings. The largest absolute Gasteiger partial charge is 0.394 e. The molecule has 3 heterocycles. The number of amides is 3. The lowest BCUT2D eigenvalue weighted by Gasteiger charge is -2.39. The standard InChI is InChI=1S/C30H40ClN3O5/c1-6-16-32(17-7-2)26(36)23-24-27(37)34(21(9-4)19-35)25(30(24)15-14-29(23,5)39-30)28(38)33(18-8-3)22-12-10-20(31)11-13-22/h6,8,10-13,21,23-25,35H,1,3,7,9,14-19H2,2,4-5H3/t21-,23-,24-,25?,29+,30?/m0/s1. The second kappa shape index (κ2) is 11.4. The fourth-order valence-corrected chi connectivity index (χ4v) is 7.09. The Morgan fingerprint density at radius 1 is 1.18 bits per heavy atom. The van der Waals surface area contributed by atoms with Crippen molar-refractivity contribution in [2.45, 2.75) is 69.7 Å². The van der Waals surface area contributed by atoms with Crippen LogP contribution in [0.3, 0.4) is 0 Å². The van der Waals surface area contributed by atoms with E-state index in [0.29, 0.717) is 43.1 Å². The van der Waals surface area contributed by atoms with Crippen LogP contribution in [-0.2, 0) is 19.1 Å². The van der Waals surface area contributed by atoms with Gasteiger partial charge in [-0.3, -0.25) is 14.4 Å². The molecule has 1 N–H and O–H groups in total. The van der Waals surface area contributed by atoms with Gasteiger partial charge in [0, 0.05) is 30.3 Å². The van der Waals surface area contributed by atoms with Gasteiger partial charge in [-0.1, -0.05) is 37.6 Å². The van der Waals surface area contributed by atoms with E-state index in [1.165, 1.54) is 4.90 Å². The summed E-state index contributed by atoms with van der Waals surface area (Å²) in [5.41, 5.74) is -1.44. The molecule has 9 heteroatoms. The number of fused-ring (bicyclic) bond motifs is 1. The first-order valence-electron chi connectivity index (χ1n) is 13.8. The summed E-state index contributed by atoms with van der Waals surface area (Å²) < 4.78 is 6.76. The van der Waals surface area contributed by atoms with Gasteiger partial charge in [0.25, 0.3) is 5.91 Å². The van der Waals surface area contributed by atoms with Crippen LogP contribution in [0.5, 0.6) is 0 Å². The first-order chi connectivity index (χ1) is 18.6. The Balaban J connectivity index is 1.83. The maximum Gasteiger partial charge on any atom is 0.253 e. The van der Waals surface area contributed by atoms with Crippen LogP contribution in [0.25, 0.3) is 0 Å². The highest BCUT2D eigenvalue weighted by Gasteiger charge is 2.78. The number of carbonyl (C=O) groups excluding carboxylic acids is 3. The lowest BCUT2D eigenvalue weighted by Crippen LogP contribution is -2.59. The number of hydrogen-bond donors (Lipinski definition) is 1. The summed E-state index contributed by atoms with van der Waals surface area (Å²) in [6, 6.07) is 5.33. The van der Waals surface area contributed by atoms with Crippen molar-refractivity contribution in [1.82, 2.24) is 9.80 Å². The van der Waals surface area contributed by atoms with Crippen molar-refractivity contribution in [3.8, 4) is 0 Å². The van der Waals surface area contributed by atoms with Crippen molar-refractivity contribution >= 4 is 35.0 Å². The van der Waals surface area contributed by atoms with Gasteiger partial charge in [-0.2, -0.15) is 0 Å². The van der Waals surface area contributed by atoms with Crippen LogP contribution in [0.1, 0.15) is 46.5 Å². The van der Waals surface area contributed by atoms with Crippen LogP contribution in [0.15, 0.2) is 49.6 Å². The molecule has 0 aliphatic carbocycles. The first kappa shape index (κ1) is 29.3. The highest BCUT2D eigenvalue weighted by Crippen LogP contribution is 2.64. The van der Waals surface area contributed by atoms with Crippen LogP contribution < -0.4 is 4.90 Å². The van der Waals surface area contributed by atoms with Gasteiger partial charge in [0.1, 0.15) is 11.6 Å². The summed E-state index contributed by atoms with van der Waals surface area (Å²) >= 11 is 6.11. The van der Waals surface area contributed by atoms with Gasteiger partial charge in [0.2, 0.25) is 11.8 Å². The molecular weight excluding hydrogens is 518 g/mol. The van der Waals surface area contributed by atoms with Gasteiger partial charge in [0.15, 0.2) is 0 Å². The van der Waals surface area contributed by atoms with Gasteiger partial charge in [-0.15, -0.1) is 13.2 Å². The minimum absolute atomic E-state index is 0.148. The molecule has 6 atom stereocenters. The average Bonchev–Trinajstić information content (AvgIpc) is 3.49. The van der Waals surface area contributed by atoms with Crippen LogP contribution in [0.2, 0.25) is 5.02 Å². The number of nitrogens with zero attached hydrogens (tertiary/aromatic N) is 3. The molecule has 1 aromatic carbocycles. The Labute approximate surface area is 236 Å². The predicted molar refractivity (Wildman–Crippen MR) is 151 cm³/mol. The Morgan fingerprint density at radius 3 is 2.41 bits per heavy atom. The van der Waals surface area contributed by atoms with E-state index in [1.54, 1.807) is 46.2 Å². The van der Waals surface area contributed by atoms with Crippen molar-refractivity contribution in [1.29, 1.82) is 0 Å². The van der Waals surface area contributed by atoms with Gasteiger partial charge >= 0.3 is 0 Å². The highest BCUT2D eigenvalue weighted by atomic mass is 35.5. The molecule has 2 bridgehead atoms. The number of aliphatic hydroxyl groups is 1. The molecule has 8 nitrogen and oxygen atoms in total. The second-order valence-corrected chi connectivity index (χ2v) is 11.4. The van der Waals surface area contributed by atoms with Crippen molar-refractivity contribution in [2.24, 2.45) is 11.8 Å². The van der Waals surface area contributed by atoms with Crippen molar-refractivity contribution in [3.05, 3.63) is 54.6 Å². The zero-order chi connectivity index (χ0) is 28.5. The monoisotopic (exact) mass is 557 g/mol. The Bertz CT molecular complexity index is 1120. The van der Waals surface area contributed by atoms with Gasteiger partial charge in [0.05, 0.1) is 30.1 Å². The number of hydrogen-bond acceptors (Lipinski definition) is 5. The van der Waals surface area contributed by atoms with E-state index < -0.39 is 35.1 Å². The smallest absolute Gasteiger partial charge is 0.253 e. The quantitative estimate of drug-likeness (QED) is 0.395. The minimum atomic E-state index is -1.18. The number of anilines is 1. The molecule has 2 unspecified atom stereocenters. The Hall–Kier alpha value is -2.68. The maximum absolute atomic E-state index is 14.5. The normalized spacial score (nSPS) is 29.7. The highest BCUT2D eigenvalue weighted by molar-refractivity contribution is 6.30. The number of likely N-dealkylation sites (tertiary alicyclic amines) is 1. The molecule has 1 aromatic rings. The number of halogens is 1. The Kier molecular flexibility index (Phi) is 8.59. The summed E-state index contributed by atoms with van der Waals surface area (Å²) in [5, 5.41) is 10.8. The van der Waals surface area contributed by atoms with Crippen molar-refractivity contribution < 1.29 is 24.2 Å². The zero-order valence-electron chi connectivity index (χ0n) is 23.1. The molecule has 0 aromatic heterocycles. The summed E-state index contributed by atoms with van der Waals surface area (Å²) in [7, 11) is 0. The molecular formula is C30H40ClN3O5. The minimum Gasteiger partial charge on any atom is -0.394 e. The van der Waals surface area contributed by atoms with Crippen molar-refractivity contribution in [2.75, 3.05) is 31.1 Å². The van der Waals surface area contributed by atoms with Crippen LogP contribution in [0.4, 0.5) is 5.69 Å². The second-order valence-electron chi connectivity index (χ2n) is 11.0. The van der Waals surface area contributed by atoms with E-state index in [1.807, 2.05) is 20.8 Å². The molecule has 39 heavy (non-hydrogen) atoms.